The summed E-state index contributed by atoms with van der Waals surface area (Å²) in [5.74, 6) is -0.365. The molecule has 3 N–H and O–H groups in total. The molecule has 2 atom stereocenters. The number of aliphatic hydroxyl groups excluding tert-OH is 3. The summed E-state index contributed by atoms with van der Waals surface area (Å²) in [6.45, 7) is 1.68. The molecule has 0 aliphatic heterocycles. The van der Waals surface area contributed by atoms with E-state index in [0.29, 0.717) is 0 Å². The molecule has 0 bridgehead atoms. The van der Waals surface area contributed by atoms with Gasteiger partial charge in [-0.1, -0.05) is 90.4 Å². The molecular weight excluding hydrogens is 304 g/mol. The van der Waals surface area contributed by atoms with Crippen molar-refractivity contribution in [2.45, 2.75) is 115 Å². The third kappa shape index (κ3) is 13.9. The molecular formula is C20H40O4. The first-order valence-electron chi connectivity index (χ1n) is 10.1. The first-order valence-corrected chi connectivity index (χ1v) is 10.1. The Bertz CT molecular complexity index is 281. The van der Waals surface area contributed by atoms with Gasteiger partial charge in [-0.3, -0.25) is 4.79 Å². The van der Waals surface area contributed by atoms with Gasteiger partial charge in [0.2, 0.25) is 0 Å². The van der Waals surface area contributed by atoms with Crippen LogP contribution in [0.15, 0.2) is 0 Å². The van der Waals surface area contributed by atoms with Gasteiger partial charge in [0.1, 0.15) is 12.2 Å². The van der Waals surface area contributed by atoms with Gasteiger partial charge < -0.3 is 15.3 Å². The molecule has 4 heteroatoms. The predicted molar refractivity (Wildman–Crippen MR) is 99.0 cm³/mol. The lowest BCUT2D eigenvalue weighted by Crippen LogP contribution is -2.36. The number of Topliss-reactive ketones (excluding diaryl/α,β-unsaturated/α-hetero) is 1. The number of rotatable bonds is 18. The minimum absolute atomic E-state index is 0.288. The highest BCUT2D eigenvalue weighted by Crippen LogP contribution is 2.13. The maximum Gasteiger partial charge on any atom is 0.164 e. The van der Waals surface area contributed by atoms with E-state index in [1.165, 1.54) is 70.6 Å². The second kappa shape index (κ2) is 17.4. The highest BCUT2D eigenvalue weighted by atomic mass is 16.4. The highest BCUT2D eigenvalue weighted by Gasteiger charge is 2.22. The summed E-state index contributed by atoms with van der Waals surface area (Å²) in [4.78, 5) is 11.5. The average molecular weight is 345 g/mol. The Morgan fingerprint density at radius 3 is 1.46 bits per heavy atom. The van der Waals surface area contributed by atoms with Crippen molar-refractivity contribution in [2.75, 3.05) is 6.61 Å². The van der Waals surface area contributed by atoms with E-state index in [0.717, 1.165) is 19.3 Å². The fraction of sp³-hybridized carbons (Fsp3) is 0.950. The molecule has 0 saturated carbocycles. The summed E-state index contributed by atoms with van der Waals surface area (Å²) < 4.78 is 0. The summed E-state index contributed by atoms with van der Waals surface area (Å²) in [5, 5.41) is 27.3. The largest absolute Gasteiger partial charge is 0.394 e. The summed E-state index contributed by atoms with van der Waals surface area (Å²) in [6.07, 6.45) is 15.2. The van der Waals surface area contributed by atoms with Crippen molar-refractivity contribution in [3.63, 3.8) is 0 Å². The van der Waals surface area contributed by atoms with Gasteiger partial charge in [-0.05, 0) is 6.42 Å². The Hall–Kier alpha value is -0.450. The zero-order chi connectivity index (χ0) is 18.0. The van der Waals surface area contributed by atoms with Gasteiger partial charge in [-0.2, -0.15) is 0 Å². The molecule has 0 aliphatic carbocycles. The first-order chi connectivity index (χ1) is 11.6. The number of carbonyl (C=O) groups excluding carboxylic acids is 1. The predicted octanol–water partition coefficient (Wildman–Crippen LogP) is 4.14. The van der Waals surface area contributed by atoms with Crippen LogP contribution in [0.3, 0.4) is 0 Å². The molecule has 0 amide bonds. The van der Waals surface area contributed by atoms with Crippen LogP contribution in [0.1, 0.15) is 103 Å². The van der Waals surface area contributed by atoms with Crippen LogP contribution in [-0.4, -0.2) is 39.9 Å². The third-order valence-electron chi connectivity index (χ3n) is 4.66. The molecule has 2 unspecified atom stereocenters. The molecule has 0 aromatic rings. The van der Waals surface area contributed by atoms with Crippen molar-refractivity contribution >= 4 is 5.78 Å². The van der Waals surface area contributed by atoms with Crippen LogP contribution in [0, 0.1) is 0 Å². The third-order valence-corrected chi connectivity index (χ3v) is 4.66. The lowest BCUT2D eigenvalue weighted by Gasteiger charge is -2.13. The van der Waals surface area contributed by atoms with Crippen LogP contribution < -0.4 is 0 Å². The Kier molecular flexibility index (Phi) is 17.0. The molecule has 0 aromatic carbocycles. The number of carbonyl (C=O) groups is 1. The van der Waals surface area contributed by atoms with E-state index in [-0.39, 0.29) is 12.2 Å². The van der Waals surface area contributed by atoms with Crippen molar-refractivity contribution in [2.24, 2.45) is 0 Å². The number of unbranched alkanes of at least 4 members (excludes halogenated alkanes) is 13. The van der Waals surface area contributed by atoms with Crippen LogP contribution in [0.4, 0.5) is 0 Å². The van der Waals surface area contributed by atoms with E-state index in [9.17, 15) is 15.0 Å². The lowest BCUT2D eigenvalue weighted by atomic mass is 10.0. The Morgan fingerprint density at radius 1 is 0.708 bits per heavy atom. The normalized spacial score (nSPS) is 13.8. The summed E-state index contributed by atoms with van der Waals surface area (Å²) in [7, 11) is 0. The fourth-order valence-corrected chi connectivity index (χ4v) is 2.96. The van der Waals surface area contributed by atoms with Gasteiger partial charge in [0, 0.05) is 6.42 Å². The molecule has 0 saturated heterocycles. The second-order valence-electron chi connectivity index (χ2n) is 7.01. The molecule has 24 heavy (non-hydrogen) atoms. The van der Waals surface area contributed by atoms with E-state index in [2.05, 4.69) is 6.92 Å². The number of hydrogen-bond acceptors (Lipinski definition) is 4. The van der Waals surface area contributed by atoms with Gasteiger partial charge in [-0.25, -0.2) is 0 Å². The van der Waals surface area contributed by atoms with E-state index in [4.69, 9.17) is 5.11 Å². The molecule has 0 spiro atoms. The number of hydrogen-bond donors (Lipinski definition) is 3. The topological polar surface area (TPSA) is 77.8 Å². The standard InChI is InChI=1S/C20H40O4/c1-2-3-4-5-6-7-8-9-10-11-12-13-14-15-16-18(22)20(24)19(23)17-21/h19-21,23-24H,2-17H2,1H3. The van der Waals surface area contributed by atoms with Crippen LogP contribution >= 0.6 is 0 Å². The van der Waals surface area contributed by atoms with Crippen molar-refractivity contribution < 1.29 is 20.1 Å². The summed E-state index contributed by atoms with van der Waals surface area (Å²) in [5.41, 5.74) is 0. The quantitative estimate of drug-likeness (QED) is 0.327. The molecule has 0 rings (SSSR count). The summed E-state index contributed by atoms with van der Waals surface area (Å²) >= 11 is 0. The van der Waals surface area contributed by atoms with Crippen molar-refractivity contribution in [1.82, 2.24) is 0 Å². The monoisotopic (exact) mass is 344 g/mol. The Labute approximate surface area is 148 Å². The van der Waals surface area contributed by atoms with Crippen LogP contribution in [-0.2, 0) is 4.79 Å². The summed E-state index contributed by atoms with van der Waals surface area (Å²) in [6, 6.07) is 0. The van der Waals surface area contributed by atoms with Gasteiger partial charge in [-0.15, -0.1) is 0 Å². The molecule has 4 nitrogen and oxygen atoms in total. The minimum atomic E-state index is -1.43. The fourth-order valence-electron chi connectivity index (χ4n) is 2.96. The van der Waals surface area contributed by atoms with Gasteiger partial charge >= 0.3 is 0 Å². The SMILES string of the molecule is CCCCCCCCCCCCCCCCC(=O)C(O)C(O)CO. The van der Waals surface area contributed by atoms with E-state index in [1.54, 1.807) is 0 Å². The van der Waals surface area contributed by atoms with Gasteiger partial charge in [0.25, 0.3) is 0 Å². The number of ketones is 1. The van der Waals surface area contributed by atoms with Gasteiger partial charge in [0.15, 0.2) is 5.78 Å². The molecule has 0 radical (unpaired) electrons. The van der Waals surface area contributed by atoms with Crippen molar-refractivity contribution in [1.29, 1.82) is 0 Å². The average Bonchev–Trinajstić information content (AvgIpc) is 2.60. The van der Waals surface area contributed by atoms with Crippen LogP contribution in [0.2, 0.25) is 0 Å². The van der Waals surface area contributed by atoms with Crippen molar-refractivity contribution in [3.05, 3.63) is 0 Å². The van der Waals surface area contributed by atoms with Crippen LogP contribution in [0.5, 0.6) is 0 Å². The molecule has 0 fully saturated rings. The van der Waals surface area contributed by atoms with E-state index in [1.807, 2.05) is 0 Å². The molecule has 0 aliphatic rings. The maximum atomic E-state index is 11.5. The highest BCUT2D eigenvalue weighted by molar-refractivity contribution is 5.83. The minimum Gasteiger partial charge on any atom is -0.394 e. The zero-order valence-electron chi connectivity index (χ0n) is 15.7. The number of aliphatic hydroxyl groups is 3. The smallest absolute Gasteiger partial charge is 0.164 e. The Balaban J connectivity index is 3.24. The molecule has 0 heterocycles. The van der Waals surface area contributed by atoms with E-state index < -0.39 is 18.8 Å². The zero-order valence-corrected chi connectivity index (χ0v) is 15.7. The van der Waals surface area contributed by atoms with Crippen LogP contribution in [0.25, 0.3) is 0 Å². The van der Waals surface area contributed by atoms with E-state index >= 15 is 0 Å². The first kappa shape index (κ1) is 23.5. The molecule has 144 valence electrons. The Morgan fingerprint density at radius 2 is 1.08 bits per heavy atom. The van der Waals surface area contributed by atoms with Crippen molar-refractivity contribution in [3.8, 4) is 0 Å². The van der Waals surface area contributed by atoms with Gasteiger partial charge in [0.05, 0.1) is 6.61 Å². The maximum absolute atomic E-state index is 11.5. The second-order valence-corrected chi connectivity index (χ2v) is 7.01. The molecule has 0 aromatic heterocycles. The lowest BCUT2D eigenvalue weighted by molar-refractivity contribution is -0.134.